The van der Waals surface area contributed by atoms with Gasteiger partial charge in [-0.1, -0.05) is 0 Å². The number of carbonyl (C=O) groups is 1. The lowest BCUT2D eigenvalue weighted by atomic mass is 9.93. The van der Waals surface area contributed by atoms with Crippen LogP contribution in [-0.4, -0.2) is 28.8 Å². The molecule has 5 heteroatoms. The maximum Gasteiger partial charge on any atom is 0.150 e. The molecule has 94 valence electrons. The highest BCUT2D eigenvalue weighted by Gasteiger charge is 2.24. The fourth-order valence-electron chi connectivity index (χ4n) is 2.29. The first-order valence-corrected chi connectivity index (χ1v) is 6.10. The molecule has 0 unspecified atom stereocenters. The molecule has 18 heavy (non-hydrogen) atoms. The van der Waals surface area contributed by atoms with E-state index >= 15 is 0 Å². The number of Topliss-reactive ketones (excluding diaryl/α,β-unsaturated/α-hetero) is 1. The third-order valence-corrected chi connectivity index (χ3v) is 3.40. The molecule has 2 rings (SSSR count). The lowest BCUT2D eigenvalue weighted by Crippen LogP contribution is -2.36. The van der Waals surface area contributed by atoms with Crippen molar-refractivity contribution in [2.45, 2.75) is 38.6 Å². The first-order chi connectivity index (χ1) is 8.61. The zero-order valence-electron chi connectivity index (χ0n) is 10.7. The van der Waals surface area contributed by atoms with Gasteiger partial charge in [-0.2, -0.15) is 5.26 Å². The number of ketones is 1. The second-order valence-electron chi connectivity index (χ2n) is 4.65. The Kier molecular flexibility index (Phi) is 3.56. The lowest BCUT2D eigenvalue weighted by molar-refractivity contribution is -0.120. The summed E-state index contributed by atoms with van der Waals surface area (Å²) in [6.07, 6.45) is 4.48. The number of aryl methyl sites for hydroxylation is 1. The average molecular weight is 244 g/mol. The molecule has 1 saturated carbocycles. The lowest BCUT2D eigenvalue weighted by Gasteiger charge is -2.32. The number of anilines is 1. The highest BCUT2D eigenvalue weighted by molar-refractivity contribution is 5.79. The van der Waals surface area contributed by atoms with E-state index in [4.69, 9.17) is 5.26 Å². The van der Waals surface area contributed by atoms with Gasteiger partial charge in [0.2, 0.25) is 0 Å². The van der Waals surface area contributed by atoms with Gasteiger partial charge in [-0.3, -0.25) is 4.79 Å². The van der Waals surface area contributed by atoms with Crippen LogP contribution in [0.4, 0.5) is 5.82 Å². The predicted molar refractivity (Wildman–Crippen MR) is 67.2 cm³/mol. The fourth-order valence-corrected chi connectivity index (χ4v) is 2.29. The molecule has 1 aromatic heterocycles. The van der Waals surface area contributed by atoms with Gasteiger partial charge in [0.05, 0.1) is 6.20 Å². The maximum absolute atomic E-state index is 11.2. The molecule has 0 saturated heterocycles. The van der Waals surface area contributed by atoms with Crippen molar-refractivity contribution in [1.82, 2.24) is 9.97 Å². The molecular formula is C13H16N4O. The molecule has 1 fully saturated rings. The maximum atomic E-state index is 11.2. The summed E-state index contributed by atoms with van der Waals surface area (Å²) in [5.41, 5.74) is 0.486. The van der Waals surface area contributed by atoms with E-state index in [9.17, 15) is 4.79 Å². The number of carbonyl (C=O) groups excluding carboxylic acids is 1. The van der Waals surface area contributed by atoms with E-state index in [1.165, 1.54) is 0 Å². The van der Waals surface area contributed by atoms with Crippen molar-refractivity contribution in [3.63, 3.8) is 0 Å². The zero-order valence-corrected chi connectivity index (χ0v) is 10.7. The molecule has 1 aliphatic carbocycles. The van der Waals surface area contributed by atoms with Gasteiger partial charge in [0, 0.05) is 25.9 Å². The summed E-state index contributed by atoms with van der Waals surface area (Å²) in [7, 11) is 1.93. The van der Waals surface area contributed by atoms with Gasteiger partial charge in [0.25, 0.3) is 0 Å². The topological polar surface area (TPSA) is 69.9 Å². The molecule has 0 aliphatic heterocycles. The van der Waals surface area contributed by atoms with Crippen molar-refractivity contribution >= 4 is 11.6 Å². The van der Waals surface area contributed by atoms with Crippen LogP contribution in [0, 0.1) is 18.3 Å². The van der Waals surface area contributed by atoms with Crippen molar-refractivity contribution in [1.29, 1.82) is 5.26 Å². The van der Waals surface area contributed by atoms with Gasteiger partial charge in [-0.15, -0.1) is 0 Å². The van der Waals surface area contributed by atoms with Crippen LogP contribution in [0.15, 0.2) is 6.20 Å². The van der Waals surface area contributed by atoms with E-state index in [1.54, 1.807) is 6.20 Å². The second kappa shape index (κ2) is 5.13. The molecule has 0 bridgehead atoms. The first kappa shape index (κ1) is 12.5. The molecule has 1 heterocycles. The number of hydrogen-bond donors (Lipinski definition) is 0. The summed E-state index contributed by atoms with van der Waals surface area (Å²) in [4.78, 5) is 21.6. The van der Waals surface area contributed by atoms with Crippen LogP contribution in [0.1, 0.15) is 37.1 Å². The molecule has 0 atom stereocenters. The summed E-state index contributed by atoms with van der Waals surface area (Å²) in [5.74, 6) is 1.66. The Morgan fingerprint density at radius 3 is 2.72 bits per heavy atom. The number of rotatable bonds is 2. The van der Waals surface area contributed by atoms with Gasteiger partial charge >= 0.3 is 0 Å². The van der Waals surface area contributed by atoms with Crippen molar-refractivity contribution in [3.8, 4) is 6.07 Å². The van der Waals surface area contributed by atoms with Crippen molar-refractivity contribution < 1.29 is 4.79 Å². The standard InChI is InChI=1S/C13H16N4O/c1-9-15-8-10(7-14)13(16-9)17(2)11-3-5-12(18)6-4-11/h8,11H,3-6H2,1-2H3. The molecule has 0 aromatic carbocycles. The van der Waals surface area contributed by atoms with Crippen molar-refractivity contribution in [2.75, 3.05) is 11.9 Å². The Morgan fingerprint density at radius 2 is 2.11 bits per heavy atom. The van der Waals surface area contributed by atoms with Gasteiger partial charge in [-0.05, 0) is 19.8 Å². The number of hydrogen-bond acceptors (Lipinski definition) is 5. The van der Waals surface area contributed by atoms with Gasteiger partial charge in [-0.25, -0.2) is 9.97 Å². The van der Waals surface area contributed by atoms with E-state index in [1.807, 2.05) is 18.9 Å². The quantitative estimate of drug-likeness (QED) is 0.790. The van der Waals surface area contributed by atoms with Crippen molar-refractivity contribution in [3.05, 3.63) is 17.6 Å². The fraction of sp³-hybridized carbons (Fsp3) is 0.538. The molecule has 5 nitrogen and oxygen atoms in total. The van der Waals surface area contributed by atoms with Gasteiger partial charge in [0.1, 0.15) is 29.1 Å². The molecule has 0 amide bonds. The van der Waals surface area contributed by atoms with Crippen molar-refractivity contribution in [2.24, 2.45) is 0 Å². The van der Waals surface area contributed by atoms with Crippen LogP contribution in [0.25, 0.3) is 0 Å². The first-order valence-electron chi connectivity index (χ1n) is 6.10. The molecule has 0 spiro atoms. The van der Waals surface area contributed by atoms with Crippen LogP contribution in [0.2, 0.25) is 0 Å². The van der Waals surface area contributed by atoms with E-state index < -0.39 is 0 Å². The largest absolute Gasteiger partial charge is 0.355 e. The minimum Gasteiger partial charge on any atom is -0.355 e. The molecule has 0 N–H and O–H groups in total. The summed E-state index contributed by atoms with van der Waals surface area (Å²) in [6, 6.07) is 2.40. The monoisotopic (exact) mass is 244 g/mol. The summed E-state index contributed by atoms with van der Waals surface area (Å²) in [6.45, 7) is 1.81. The third kappa shape index (κ3) is 2.48. The second-order valence-corrected chi connectivity index (χ2v) is 4.65. The normalized spacial score (nSPS) is 16.4. The Labute approximate surface area is 106 Å². The zero-order chi connectivity index (χ0) is 13.1. The molecule has 1 aliphatic rings. The van der Waals surface area contributed by atoms with Crippen LogP contribution >= 0.6 is 0 Å². The predicted octanol–water partition coefficient (Wildman–Crippen LogP) is 1.60. The molecule has 1 aromatic rings. The van der Waals surface area contributed by atoms with Crippen LogP contribution in [0.3, 0.4) is 0 Å². The SMILES string of the molecule is Cc1ncc(C#N)c(N(C)C2CCC(=O)CC2)n1. The Morgan fingerprint density at radius 1 is 1.44 bits per heavy atom. The highest BCUT2D eigenvalue weighted by Crippen LogP contribution is 2.25. The Hall–Kier alpha value is -1.96. The third-order valence-electron chi connectivity index (χ3n) is 3.40. The molecule has 0 radical (unpaired) electrons. The van der Waals surface area contributed by atoms with Crippen LogP contribution in [-0.2, 0) is 4.79 Å². The summed E-state index contributed by atoms with van der Waals surface area (Å²) < 4.78 is 0. The number of nitrogens with zero attached hydrogens (tertiary/aromatic N) is 4. The molecular weight excluding hydrogens is 228 g/mol. The van der Waals surface area contributed by atoms with E-state index in [0.29, 0.717) is 35.8 Å². The van der Waals surface area contributed by atoms with Crippen LogP contribution in [0.5, 0.6) is 0 Å². The minimum atomic E-state index is 0.282. The number of aromatic nitrogens is 2. The average Bonchev–Trinajstić information content (AvgIpc) is 2.39. The minimum absolute atomic E-state index is 0.282. The van der Waals surface area contributed by atoms with Gasteiger partial charge < -0.3 is 4.90 Å². The summed E-state index contributed by atoms with van der Waals surface area (Å²) >= 11 is 0. The highest BCUT2D eigenvalue weighted by atomic mass is 16.1. The van der Waals surface area contributed by atoms with Crippen LogP contribution < -0.4 is 4.90 Å². The Balaban J connectivity index is 2.23. The van der Waals surface area contributed by atoms with E-state index in [-0.39, 0.29) is 6.04 Å². The summed E-state index contributed by atoms with van der Waals surface area (Å²) in [5, 5.41) is 9.09. The van der Waals surface area contributed by atoms with E-state index in [0.717, 1.165) is 12.8 Å². The van der Waals surface area contributed by atoms with Gasteiger partial charge in [0.15, 0.2) is 0 Å². The number of nitriles is 1. The Bertz CT molecular complexity index is 496. The smallest absolute Gasteiger partial charge is 0.150 e. The van der Waals surface area contributed by atoms with E-state index in [2.05, 4.69) is 16.0 Å².